The molecule has 7 nitrogen and oxygen atoms in total. The van der Waals surface area contributed by atoms with Gasteiger partial charge in [0.2, 0.25) is 5.91 Å². The van der Waals surface area contributed by atoms with Crippen molar-refractivity contribution in [3.63, 3.8) is 0 Å². The molecule has 2 heterocycles. The summed E-state index contributed by atoms with van der Waals surface area (Å²) in [6.07, 6.45) is 9.17. The van der Waals surface area contributed by atoms with Crippen molar-refractivity contribution in [2.75, 3.05) is 36.8 Å². The Kier molecular flexibility index (Phi) is 8.50. The fourth-order valence-electron chi connectivity index (χ4n) is 4.05. The molecule has 2 aromatic rings. The second-order valence-electron chi connectivity index (χ2n) is 8.26. The van der Waals surface area contributed by atoms with E-state index < -0.39 is 0 Å². The zero-order chi connectivity index (χ0) is 22.1. The molecule has 168 valence electrons. The molecule has 1 amide bonds. The summed E-state index contributed by atoms with van der Waals surface area (Å²) in [6.45, 7) is 5.01. The molecular formula is C24H35N5O2. The van der Waals surface area contributed by atoms with Gasteiger partial charge in [0, 0.05) is 38.2 Å². The summed E-state index contributed by atoms with van der Waals surface area (Å²) < 4.78 is 0. The van der Waals surface area contributed by atoms with Gasteiger partial charge in [-0.25, -0.2) is 0 Å². The monoisotopic (exact) mass is 425 g/mol. The number of hydrogen-bond acceptors (Lipinski definition) is 6. The molecule has 7 heteroatoms. The molecule has 1 aromatic heterocycles. The van der Waals surface area contributed by atoms with E-state index in [1.165, 1.54) is 32.1 Å². The standard InChI is InChI=1S/C24H35N5O2/c1-2-3-4-5-6-7-8-13-23(31)29-16-14-28(15-17-29)21-18-20(26-27-24(21)25)19-11-9-10-12-22(19)30/h9-12,18,30H,2-8,13-17H2,1H3,(H2,25,27). The Morgan fingerprint density at radius 2 is 1.68 bits per heavy atom. The van der Waals surface area contributed by atoms with Gasteiger partial charge >= 0.3 is 0 Å². The number of nitrogens with zero attached hydrogens (tertiary/aromatic N) is 4. The number of aromatic hydroxyl groups is 1. The molecular weight excluding hydrogens is 390 g/mol. The van der Waals surface area contributed by atoms with Crippen LogP contribution in [0.3, 0.4) is 0 Å². The van der Waals surface area contributed by atoms with Crippen LogP contribution < -0.4 is 10.6 Å². The number of carbonyl (C=O) groups is 1. The van der Waals surface area contributed by atoms with Gasteiger partial charge in [0.25, 0.3) is 0 Å². The molecule has 0 saturated carbocycles. The molecule has 1 saturated heterocycles. The van der Waals surface area contributed by atoms with E-state index in [4.69, 9.17) is 5.73 Å². The van der Waals surface area contributed by atoms with Crippen LogP contribution in [0, 0.1) is 0 Å². The van der Waals surface area contributed by atoms with Crippen molar-refractivity contribution >= 4 is 17.4 Å². The molecule has 1 fully saturated rings. The fourth-order valence-corrected chi connectivity index (χ4v) is 4.05. The highest BCUT2D eigenvalue weighted by molar-refractivity contribution is 5.77. The molecule has 1 aliphatic rings. The number of unbranched alkanes of at least 4 members (excludes halogenated alkanes) is 6. The maximum Gasteiger partial charge on any atom is 0.222 e. The zero-order valence-electron chi connectivity index (χ0n) is 18.6. The largest absolute Gasteiger partial charge is 0.507 e. The Morgan fingerprint density at radius 3 is 2.39 bits per heavy atom. The van der Waals surface area contributed by atoms with E-state index in [0.29, 0.717) is 49.7 Å². The average molecular weight is 426 g/mol. The number of benzene rings is 1. The Labute approximate surface area is 185 Å². The Hall–Kier alpha value is -2.83. The minimum absolute atomic E-state index is 0.160. The van der Waals surface area contributed by atoms with Crippen molar-refractivity contribution < 1.29 is 9.90 Å². The molecule has 0 bridgehead atoms. The molecule has 0 spiro atoms. The Morgan fingerprint density at radius 1 is 1.00 bits per heavy atom. The minimum Gasteiger partial charge on any atom is -0.507 e. The Bertz CT molecular complexity index is 850. The van der Waals surface area contributed by atoms with Gasteiger partial charge in [-0.1, -0.05) is 57.6 Å². The van der Waals surface area contributed by atoms with Gasteiger partial charge in [-0.15, -0.1) is 10.2 Å². The predicted octanol–water partition coefficient (Wildman–Crippen LogP) is 4.22. The highest BCUT2D eigenvalue weighted by atomic mass is 16.3. The van der Waals surface area contributed by atoms with E-state index in [-0.39, 0.29) is 11.7 Å². The van der Waals surface area contributed by atoms with E-state index >= 15 is 0 Å². The fraction of sp³-hybridized carbons (Fsp3) is 0.542. The number of hydrogen-bond donors (Lipinski definition) is 2. The van der Waals surface area contributed by atoms with E-state index in [0.717, 1.165) is 18.5 Å². The topological polar surface area (TPSA) is 95.6 Å². The molecule has 1 aromatic carbocycles. The first-order valence-corrected chi connectivity index (χ1v) is 11.5. The number of para-hydroxylation sites is 1. The van der Waals surface area contributed by atoms with Crippen LogP contribution in [0.15, 0.2) is 30.3 Å². The second kappa shape index (κ2) is 11.5. The lowest BCUT2D eigenvalue weighted by Crippen LogP contribution is -2.49. The number of carbonyl (C=O) groups excluding carboxylic acids is 1. The van der Waals surface area contributed by atoms with Crippen LogP contribution in [-0.2, 0) is 4.79 Å². The number of rotatable bonds is 10. The number of piperazine rings is 1. The molecule has 0 unspecified atom stereocenters. The van der Waals surface area contributed by atoms with Crippen LogP contribution in [0.25, 0.3) is 11.3 Å². The number of aromatic nitrogens is 2. The third-order valence-electron chi connectivity index (χ3n) is 5.95. The van der Waals surface area contributed by atoms with Crippen molar-refractivity contribution in [3.8, 4) is 17.0 Å². The lowest BCUT2D eigenvalue weighted by atomic mass is 10.1. The molecule has 0 aliphatic carbocycles. The summed E-state index contributed by atoms with van der Waals surface area (Å²) >= 11 is 0. The van der Waals surface area contributed by atoms with Gasteiger partial charge in [-0.05, 0) is 24.6 Å². The van der Waals surface area contributed by atoms with Crippen LogP contribution in [0.5, 0.6) is 5.75 Å². The zero-order valence-corrected chi connectivity index (χ0v) is 18.6. The first kappa shape index (κ1) is 22.8. The van der Waals surface area contributed by atoms with Gasteiger partial charge in [0.05, 0.1) is 11.4 Å². The van der Waals surface area contributed by atoms with E-state index in [2.05, 4.69) is 22.0 Å². The maximum absolute atomic E-state index is 12.6. The van der Waals surface area contributed by atoms with Crippen LogP contribution in [0.1, 0.15) is 58.3 Å². The predicted molar refractivity (Wildman–Crippen MR) is 125 cm³/mol. The smallest absolute Gasteiger partial charge is 0.222 e. The van der Waals surface area contributed by atoms with Crippen LogP contribution in [-0.4, -0.2) is 52.3 Å². The van der Waals surface area contributed by atoms with Gasteiger partial charge in [0.1, 0.15) is 5.75 Å². The normalized spacial score (nSPS) is 14.1. The summed E-state index contributed by atoms with van der Waals surface area (Å²) in [6, 6.07) is 8.92. The quantitative estimate of drug-likeness (QED) is 0.553. The molecule has 1 aliphatic heterocycles. The number of anilines is 2. The van der Waals surface area contributed by atoms with Crippen molar-refractivity contribution in [2.24, 2.45) is 0 Å². The average Bonchev–Trinajstić information content (AvgIpc) is 2.79. The minimum atomic E-state index is 0.160. The summed E-state index contributed by atoms with van der Waals surface area (Å²) in [5, 5.41) is 18.4. The van der Waals surface area contributed by atoms with Crippen molar-refractivity contribution in [1.29, 1.82) is 0 Å². The number of amides is 1. The third kappa shape index (κ3) is 6.32. The number of nitrogens with two attached hydrogens (primary N) is 1. The molecule has 0 radical (unpaired) electrons. The van der Waals surface area contributed by atoms with E-state index in [1.54, 1.807) is 18.2 Å². The summed E-state index contributed by atoms with van der Waals surface area (Å²) in [4.78, 5) is 16.7. The molecule has 3 rings (SSSR count). The summed E-state index contributed by atoms with van der Waals surface area (Å²) in [7, 11) is 0. The van der Waals surface area contributed by atoms with Gasteiger partial charge in [-0.2, -0.15) is 0 Å². The Balaban J connectivity index is 1.50. The highest BCUT2D eigenvalue weighted by Crippen LogP contribution is 2.31. The first-order chi connectivity index (χ1) is 15.1. The number of phenols is 1. The second-order valence-corrected chi connectivity index (χ2v) is 8.26. The van der Waals surface area contributed by atoms with Crippen molar-refractivity contribution in [2.45, 2.75) is 58.3 Å². The maximum atomic E-state index is 12.6. The lowest BCUT2D eigenvalue weighted by molar-refractivity contribution is -0.131. The highest BCUT2D eigenvalue weighted by Gasteiger charge is 2.23. The summed E-state index contributed by atoms with van der Waals surface area (Å²) in [5.41, 5.74) is 8.10. The lowest BCUT2D eigenvalue weighted by Gasteiger charge is -2.36. The molecule has 31 heavy (non-hydrogen) atoms. The van der Waals surface area contributed by atoms with Crippen LogP contribution in [0.2, 0.25) is 0 Å². The number of nitrogen functional groups attached to an aromatic ring is 1. The van der Waals surface area contributed by atoms with Gasteiger partial charge < -0.3 is 20.6 Å². The van der Waals surface area contributed by atoms with Crippen LogP contribution >= 0.6 is 0 Å². The molecule has 0 atom stereocenters. The van der Waals surface area contributed by atoms with Crippen LogP contribution in [0.4, 0.5) is 11.5 Å². The van der Waals surface area contributed by atoms with E-state index in [9.17, 15) is 9.90 Å². The van der Waals surface area contributed by atoms with E-state index in [1.807, 2.05) is 17.0 Å². The molecule has 3 N–H and O–H groups in total. The van der Waals surface area contributed by atoms with Crippen molar-refractivity contribution in [1.82, 2.24) is 15.1 Å². The number of phenolic OH excluding ortho intramolecular Hbond substituents is 1. The van der Waals surface area contributed by atoms with Gasteiger partial charge in [-0.3, -0.25) is 4.79 Å². The van der Waals surface area contributed by atoms with Gasteiger partial charge in [0.15, 0.2) is 5.82 Å². The third-order valence-corrected chi connectivity index (χ3v) is 5.95. The van der Waals surface area contributed by atoms with Crippen molar-refractivity contribution in [3.05, 3.63) is 30.3 Å². The summed E-state index contributed by atoms with van der Waals surface area (Å²) in [5.74, 6) is 0.777. The first-order valence-electron chi connectivity index (χ1n) is 11.5. The SMILES string of the molecule is CCCCCCCCCC(=O)N1CCN(c2cc(-c3ccccc3O)nnc2N)CC1.